The summed E-state index contributed by atoms with van der Waals surface area (Å²) in [5.41, 5.74) is 2.71. The van der Waals surface area contributed by atoms with E-state index in [-0.39, 0.29) is 23.6 Å². The average Bonchev–Trinajstić information content (AvgIpc) is 3.17. The highest BCUT2D eigenvalue weighted by atomic mass is 16.5. The summed E-state index contributed by atoms with van der Waals surface area (Å²) in [5, 5.41) is 5.69. The number of carbonyl (C=O) groups is 3. The third-order valence-electron chi connectivity index (χ3n) is 5.33. The van der Waals surface area contributed by atoms with Crippen LogP contribution in [0.5, 0.6) is 5.75 Å². The van der Waals surface area contributed by atoms with Crippen LogP contribution in [0, 0.1) is 12.8 Å². The topological polar surface area (TPSA) is 87.7 Å². The van der Waals surface area contributed by atoms with Crippen molar-refractivity contribution in [1.29, 1.82) is 0 Å². The second-order valence-electron chi connectivity index (χ2n) is 8.09. The number of rotatable bonds is 7. The van der Waals surface area contributed by atoms with Gasteiger partial charge in [0, 0.05) is 30.3 Å². The molecule has 0 aromatic heterocycles. The van der Waals surface area contributed by atoms with E-state index in [1.165, 1.54) is 7.11 Å². The van der Waals surface area contributed by atoms with Gasteiger partial charge >= 0.3 is 0 Å². The van der Waals surface area contributed by atoms with Crippen molar-refractivity contribution in [3.63, 3.8) is 0 Å². The molecular formula is C24H29N3O4. The fourth-order valence-electron chi connectivity index (χ4n) is 3.65. The number of aryl methyl sites for hydroxylation is 1. The van der Waals surface area contributed by atoms with Crippen molar-refractivity contribution in [2.45, 2.75) is 39.7 Å². The van der Waals surface area contributed by atoms with Gasteiger partial charge in [-0.15, -0.1) is 0 Å². The first kappa shape index (κ1) is 22.3. The maximum Gasteiger partial charge on any atom is 0.251 e. The highest BCUT2D eigenvalue weighted by Crippen LogP contribution is 2.34. The van der Waals surface area contributed by atoms with Crippen LogP contribution in [-0.2, 0) is 9.59 Å². The number of anilines is 2. The predicted molar refractivity (Wildman–Crippen MR) is 120 cm³/mol. The van der Waals surface area contributed by atoms with Gasteiger partial charge in [0.25, 0.3) is 5.91 Å². The molecule has 0 unspecified atom stereocenters. The third-order valence-corrected chi connectivity index (χ3v) is 5.33. The Morgan fingerprint density at radius 1 is 1.13 bits per heavy atom. The molecule has 7 heteroatoms. The summed E-state index contributed by atoms with van der Waals surface area (Å²) in [6.07, 6.45) is 1.34. The minimum absolute atomic E-state index is 0.0637. The molecule has 0 bridgehead atoms. The van der Waals surface area contributed by atoms with E-state index in [1.807, 2.05) is 32.9 Å². The van der Waals surface area contributed by atoms with Crippen LogP contribution in [0.15, 0.2) is 42.5 Å². The van der Waals surface area contributed by atoms with Crippen molar-refractivity contribution in [1.82, 2.24) is 5.32 Å². The van der Waals surface area contributed by atoms with Crippen LogP contribution < -0.4 is 20.3 Å². The quantitative estimate of drug-likeness (QED) is 0.713. The van der Waals surface area contributed by atoms with Crippen LogP contribution >= 0.6 is 0 Å². The summed E-state index contributed by atoms with van der Waals surface area (Å²) >= 11 is 0. The Balaban J connectivity index is 1.74. The lowest BCUT2D eigenvalue weighted by Gasteiger charge is -2.23. The highest BCUT2D eigenvalue weighted by Gasteiger charge is 2.27. The maximum absolute atomic E-state index is 12.9. The van der Waals surface area contributed by atoms with Crippen LogP contribution in [-0.4, -0.2) is 37.4 Å². The van der Waals surface area contributed by atoms with Crippen LogP contribution in [0.1, 0.15) is 42.6 Å². The van der Waals surface area contributed by atoms with Gasteiger partial charge in [0.15, 0.2) is 0 Å². The summed E-state index contributed by atoms with van der Waals surface area (Å²) in [5.74, 6) is -0.148. The molecule has 2 aromatic rings. The van der Waals surface area contributed by atoms with Crippen molar-refractivity contribution in [3.05, 3.63) is 53.6 Å². The van der Waals surface area contributed by atoms with Gasteiger partial charge in [-0.2, -0.15) is 0 Å². The molecule has 1 fully saturated rings. The van der Waals surface area contributed by atoms with E-state index in [9.17, 15) is 14.4 Å². The summed E-state index contributed by atoms with van der Waals surface area (Å²) in [6, 6.07) is 11.7. The molecule has 0 saturated carbocycles. The largest absolute Gasteiger partial charge is 0.494 e. The molecule has 7 nitrogen and oxygen atoms in total. The van der Waals surface area contributed by atoms with Gasteiger partial charge in [0.2, 0.25) is 11.8 Å². The minimum atomic E-state index is -0.709. The Bertz CT molecular complexity index is 987. The van der Waals surface area contributed by atoms with Gasteiger partial charge < -0.3 is 20.3 Å². The molecule has 164 valence electrons. The van der Waals surface area contributed by atoms with E-state index in [1.54, 1.807) is 35.2 Å². The van der Waals surface area contributed by atoms with E-state index in [0.29, 0.717) is 35.7 Å². The van der Waals surface area contributed by atoms with Crippen LogP contribution in [0.3, 0.4) is 0 Å². The number of amides is 3. The summed E-state index contributed by atoms with van der Waals surface area (Å²) in [7, 11) is 1.53. The number of hydrogen-bond donors (Lipinski definition) is 2. The molecule has 1 heterocycles. The molecule has 2 aromatic carbocycles. The van der Waals surface area contributed by atoms with Crippen molar-refractivity contribution in [2.24, 2.45) is 5.92 Å². The first-order valence-electron chi connectivity index (χ1n) is 10.5. The maximum atomic E-state index is 12.9. The molecule has 1 saturated heterocycles. The Morgan fingerprint density at radius 3 is 2.52 bits per heavy atom. The van der Waals surface area contributed by atoms with Crippen molar-refractivity contribution in [2.75, 3.05) is 23.9 Å². The predicted octanol–water partition coefficient (Wildman–Crippen LogP) is 3.52. The number of methoxy groups -OCH3 is 1. The van der Waals surface area contributed by atoms with Crippen molar-refractivity contribution in [3.8, 4) is 5.75 Å². The summed E-state index contributed by atoms with van der Waals surface area (Å²) < 4.78 is 5.45. The zero-order chi connectivity index (χ0) is 22.5. The number of benzene rings is 2. The number of hydrogen-bond acceptors (Lipinski definition) is 4. The lowest BCUT2D eigenvalue weighted by atomic mass is 10.0. The Morgan fingerprint density at radius 2 is 1.90 bits per heavy atom. The van der Waals surface area contributed by atoms with Crippen LogP contribution in [0.4, 0.5) is 11.4 Å². The number of nitrogens with one attached hydrogen (secondary N) is 2. The van der Waals surface area contributed by atoms with Crippen LogP contribution in [0.25, 0.3) is 0 Å². The third kappa shape index (κ3) is 5.23. The Kier molecular flexibility index (Phi) is 6.95. The second-order valence-corrected chi connectivity index (χ2v) is 8.09. The SMILES string of the molecule is COc1cc(NC(=O)[C@H](NC(=O)c2cccc(C)c2)C(C)C)ccc1N1CCCC1=O. The summed E-state index contributed by atoms with van der Waals surface area (Å²) in [4.78, 5) is 39.4. The molecule has 3 rings (SSSR count). The van der Waals surface area contributed by atoms with E-state index < -0.39 is 6.04 Å². The first-order chi connectivity index (χ1) is 14.8. The Labute approximate surface area is 182 Å². The smallest absolute Gasteiger partial charge is 0.251 e. The lowest BCUT2D eigenvalue weighted by Crippen LogP contribution is -2.47. The average molecular weight is 424 g/mol. The molecule has 31 heavy (non-hydrogen) atoms. The van der Waals surface area contributed by atoms with Gasteiger partial charge in [0.05, 0.1) is 12.8 Å². The van der Waals surface area contributed by atoms with E-state index >= 15 is 0 Å². The van der Waals surface area contributed by atoms with E-state index in [2.05, 4.69) is 10.6 Å². The fourth-order valence-corrected chi connectivity index (χ4v) is 3.65. The van der Waals surface area contributed by atoms with Gasteiger partial charge in [0.1, 0.15) is 11.8 Å². The molecule has 1 aliphatic rings. The molecule has 0 radical (unpaired) electrons. The van der Waals surface area contributed by atoms with E-state index in [4.69, 9.17) is 4.74 Å². The normalized spacial score (nSPS) is 14.5. The van der Waals surface area contributed by atoms with Crippen molar-refractivity contribution < 1.29 is 19.1 Å². The lowest BCUT2D eigenvalue weighted by molar-refractivity contribution is -0.119. The Hall–Kier alpha value is -3.35. The molecule has 1 aliphatic heterocycles. The minimum Gasteiger partial charge on any atom is -0.494 e. The molecular weight excluding hydrogens is 394 g/mol. The van der Waals surface area contributed by atoms with E-state index in [0.717, 1.165) is 12.0 Å². The monoisotopic (exact) mass is 423 g/mol. The number of carbonyl (C=O) groups excluding carboxylic acids is 3. The van der Waals surface area contributed by atoms with Gasteiger partial charge in [-0.05, 0) is 43.5 Å². The molecule has 2 N–H and O–H groups in total. The molecule has 1 atom stereocenters. The van der Waals surface area contributed by atoms with Gasteiger partial charge in [-0.3, -0.25) is 14.4 Å². The first-order valence-corrected chi connectivity index (χ1v) is 10.5. The second kappa shape index (κ2) is 9.64. The number of nitrogens with zero attached hydrogens (tertiary/aromatic N) is 1. The zero-order valence-corrected chi connectivity index (χ0v) is 18.4. The number of ether oxygens (including phenoxy) is 1. The fraction of sp³-hybridized carbons (Fsp3) is 0.375. The molecule has 0 spiro atoms. The standard InChI is InChI=1S/C24H29N3O4/c1-15(2)22(26-23(29)17-8-5-7-16(3)13-17)24(30)25-18-10-11-19(20(14-18)31-4)27-12-6-9-21(27)28/h5,7-8,10-11,13-15,22H,6,9,12H2,1-4H3,(H,25,30)(H,26,29)/t22-/m1/s1. The van der Waals surface area contributed by atoms with Crippen molar-refractivity contribution >= 4 is 29.1 Å². The van der Waals surface area contributed by atoms with Gasteiger partial charge in [-0.25, -0.2) is 0 Å². The zero-order valence-electron chi connectivity index (χ0n) is 18.4. The molecule has 0 aliphatic carbocycles. The highest BCUT2D eigenvalue weighted by molar-refractivity contribution is 6.02. The molecule has 3 amide bonds. The van der Waals surface area contributed by atoms with Crippen LogP contribution in [0.2, 0.25) is 0 Å². The van der Waals surface area contributed by atoms with Gasteiger partial charge in [-0.1, -0.05) is 31.5 Å². The summed E-state index contributed by atoms with van der Waals surface area (Å²) in [6.45, 7) is 6.32.